The van der Waals surface area contributed by atoms with E-state index in [1.54, 1.807) is 18.3 Å². The van der Waals surface area contributed by atoms with Gasteiger partial charge in [0.25, 0.3) is 0 Å². The maximum atomic E-state index is 13.2. The number of hydrogen-bond donors (Lipinski definition) is 1. The molecule has 0 aliphatic carbocycles. The van der Waals surface area contributed by atoms with Gasteiger partial charge in [-0.15, -0.1) is 11.3 Å². The number of fused-ring (bicyclic) bond motifs is 1. The second kappa shape index (κ2) is 4.07. The molecule has 0 amide bonds. The molecular weight excluding hydrogens is 249 g/mol. The minimum Gasteiger partial charge on any atom is -0.360 e. The summed E-state index contributed by atoms with van der Waals surface area (Å²) in [7, 11) is 0. The lowest BCUT2D eigenvalue weighted by Gasteiger charge is -1.96. The summed E-state index contributed by atoms with van der Waals surface area (Å²) in [5.74, 6) is -0.400. The van der Waals surface area contributed by atoms with Crippen LogP contribution in [0.15, 0.2) is 36.5 Å². The van der Waals surface area contributed by atoms with Crippen molar-refractivity contribution in [1.29, 1.82) is 0 Å². The zero-order valence-electron chi connectivity index (χ0n) is 9.66. The number of nitrogens with one attached hydrogen (secondary N) is 1. The summed E-state index contributed by atoms with van der Waals surface area (Å²) in [5, 5.41) is 0.631. The average molecular weight is 259 g/mol. The van der Waals surface area contributed by atoms with Gasteiger partial charge in [-0.05, 0) is 37.3 Å². The van der Waals surface area contributed by atoms with Crippen molar-refractivity contribution in [3.8, 4) is 0 Å². The van der Waals surface area contributed by atoms with E-state index in [9.17, 15) is 9.18 Å². The highest BCUT2D eigenvalue weighted by molar-refractivity contribution is 7.14. The van der Waals surface area contributed by atoms with Gasteiger partial charge in [-0.25, -0.2) is 4.39 Å². The Balaban J connectivity index is 2.14. The van der Waals surface area contributed by atoms with Crippen LogP contribution < -0.4 is 0 Å². The minimum atomic E-state index is -0.335. The van der Waals surface area contributed by atoms with Crippen molar-refractivity contribution >= 4 is 28.0 Å². The van der Waals surface area contributed by atoms with Crippen molar-refractivity contribution in [2.75, 3.05) is 0 Å². The van der Waals surface area contributed by atoms with Crippen molar-refractivity contribution in [1.82, 2.24) is 4.98 Å². The van der Waals surface area contributed by atoms with Crippen molar-refractivity contribution in [3.63, 3.8) is 0 Å². The number of benzene rings is 1. The zero-order valence-corrected chi connectivity index (χ0v) is 10.5. The van der Waals surface area contributed by atoms with Crippen LogP contribution in [0.5, 0.6) is 0 Å². The lowest BCUT2D eigenvalue weighted by Crippen LogP contribution is -1.96. The summed E-state index contributed by atoms with van der Waals surface area (Å²) >= 11 is 1.45. The van der Waals surface area contributed by atoms with Gasteiger partial charge in [0.1, 0.15) is 5.82 Å². The normalized spacial score (nSPS) is 11.0. The van der Waals surface area contributed by atoms with E-state index in [0.717, 1.165) is 10.4 Å². The fraction of sp³-hybridized carbons (Fsp3) is 0.0714. The molecule has 0 unspecified atom stereocenters. The number of aromatic nitrogens is 1. The first-order valence-electron chi connectivity index (χ1n) is 5.53. The Labute approximate surface area is 107 Å². The number of H-pyrrole nitrogens is 1. The van der Waals surface area contributed by atoms with Crippen molar-refractivity contribution < 1.29 is 9.18 Å². The third-order valence-electron chi connectivity index (χ3n) is 2.85. The number of thiophene rings is 1. The predicted molar refractivity (Wildman–Crippen MR) is 70.7 cm³/mol. The van der Waals surface area contributed by atoms with Crippen LogP contribution in [0.3, 0.4) is 0 Å². The molecule has 2 nitrogen and oxygen atoms in total. The first kappa shape index (κ1) is 11.2. The number of halogens is 1. The molecule has 0 aliphatic rings. The first-order chi connectivity index (χ1) is 8.65. The molecular formula is C14H10FNOS. The van der Waals surface area contributed by atoms with E-state index in [1.807, 2.05) is 13.0 Å². The van der Waals surface area contributed by atoms with Gasteiger partial charge < -0.3 is 4.98 Å². The van der Waals surface area contributed by atoms with E-state index < -0.39 is 0 Å². The van der Waals surface area contributed by atoms with E-state index in [-0.39, 0.29) is 11.6 Å². The third kappa shape index (κ3) is 1.75. The zero-order chi connectivity index (χ0) is 12.7. The summed E-state index contributed by atoms with van der Waals surface area (Å²) in [6.45, 7) is 1.95. The minimum absolute atomic E-state index is 0.0649. The molecule has 3 rings (SSSR count). The SMILES string of the molecule is Cc1ccc(C(=O)c2c[nH]c3ccc(F)cc23)s1. The third-order valence-corrected chi connectivity index (χ3v) is 3.85. The number of rotatable bonds is 2. The number of carbonyl (C=O) groups is 1. The number of ketones is 1. The van der Waals surface area contributed by atoms with Gasteiger partial charge in [0, 0.05) is 27.5 Å². The molecule has 0 saturated carbocycles. The van der Waals surface area contributed by atoms with Crippen molar-refractivity contribution in [2.24, 2.45) is 0 Å². The highest BCUT2D eigenvalue weighted by Crippen LogP contribution is 2.25. The van der Waals surface area contributed by atoms with Gasteiger partial charge in [0.2, 0.25) is 5.78 Å². The molecule has 2 aromatic heterocycles. The molecule has 3 aromatic rings. The van der Waals surface area contributed by atoms with Crippen LogP contribution in [0.25, 0.3) is 10.9 Å². The molecule has 1 N–H and O–H groups in total. The van der Waals surface area contributed by atoms with E-state index in [1.165, 1.54) is 23.5 Å². The molecule has 0 spiro atoms. The molecule has 0 fully saturated rings. The Morgan fingerprint density at radius 1 is 1.28 bits per heavy atom. The van der Waals surface area contributed by atoms with Crippen molar-refractivity contribution in [3.05, 3.63) is 57.7 Å². The van der Waals surface area contributed by atoms with Gasteiger partial charge >= 0.3 is 0 Å². The molecule has 0 saturated heterocycles. The lowest BCUT2D eigenvalue weighted by molar-refractivity contribution is 0.104. The molecule has 1 aromatic carbocycles. The van der Waals surface area contributed by atoms with E-state index >= 15 is 0 Å². The van der Waals surface area contributed by atoms with Crippen LogP contribution in [0.4, 0.5) is 4.39 Å². The second-order valence-corrected chi connectivity index (χ2v) is 5.42. The lowest BCUT2D eigenvalue weighted by atomic mass is 10.1. The molecule has 2 heterocycles. The van der Waals surface area contributed by atoms with E-state index in [2.05, 4.69) is 4.98 Å². The number of aromatic amines is 1. The summed E-state index contributed by atoms with van der Waals surface area (Å²) in [6, 6.07) is 8.12. The molecule has 0 atom stereocenters. The topological polar surface area (TPSA) is 32.9 Å². The second-order valence-electron chi connectivity index (χ2n) is 4.13. The number of aryl methyl sites for hydroxylation is 1. The van der Waals surface area contributed by atoms with Gasteiger partial charge in [-0.1, -0.05) is 0 Å². The van der Waals surface area contributed by atoms with Gasteiger partial charge in [-0.3, -0.25) is 4.79 Å². The quantitative estimate of drug-likeness (QED) is 0.695. The Hall–Kier alpha value is -1.94. The van der Waals surface area contributed by atoms with Crippen LogP contribution in [-0.2, 0) is 0 Å². The Morgan fingerprint density at radius 3 is 2.83 bits per heavy atom. The predicted octanol–water partition coefficient (Wildman–Crippen LogP) is 3.91. The Morgan fingerprint density at radius 2 is 2.11 bits per heavy atom. The molecule has 0 aliphatic heterocycles. The smallest absolute Gasteiger partial charge is 0.205 e. The fourth-order valence-corrected chi connectivity index (χ4v) is 2.79. The number of carbonyl (C=O) groups excluding carboxylic acids is 1. The molecule has 0 bridgehead atoms. The Kier molecular flexibility index (Phi) is 2.52. The fourth-order valence-electron chi connectivity index (χ4n) is 1.97. The van der Waals surface area contributed by atoms with Gasteiger partial charge in [-0.2, -0.15) is 0 Å². The number of hydrogen-bond acceptors (Lipinski definition) is 2. The van der Waals surface area contributed by atoms with Crippen molar-refractivity contribution in [2.45, 2.75) is 6.92 Å². The monoisotopic (exact) mass is 259 g/mol. The summed E-state index contributed by atoms with van der Waals surface area (Å²) in [4.78, 5) is 17.1. The highest BCUT2D eigenvalue weighted by atomic mass is 32.1. The van der Waals surface area contributed by atoms with E-state index in [4.69, 9.17) is 0 Å². The van der Waals surface area contributed by atoms with Crippen LogP contribution in [0, 0.1) is 12.7 Å². The van der Waals surface area contributed by atoms with E-state index in [0.29, 0.717) is 15.8 Å². The summed E-state index contributed by atoms with van der Waals surface area (Å²) in [5.41, 5.74) is 1.29. The maximum Gasteiger partial charge on any atom is 0.205 e. The summed E-state index contributed by atoms with van der Waals surface area (Å²) < 4.78 is 13.2. The standard InChI is InChI=1S/C14H10FNOS/c1-8-2-5-13(18-8)14(17)11-7-16-12-4-3-9(15)6-10(11)12/h2-7,16H,1H3. The van der Waals surface area contributed by atoms with Crippen LogP contribution >= 0.6 is 11.3 Å². The van der Waals surface area contributed by atoms with Crippen LogP contribution in [0.2, 0.25) is 0 Å². The maximum absolute atomic E-state index is 13.2. The summed E-state index contributed by atoms with van der Waals surface area (Å²) in [6.07, 6.45) is 1.64. The molecule has 4 heteroatoms. The van der Waals surface area contributed by atoms with Crippen LogP contribution in [-0.4, -0.2) is 10.8 Å². The average Bonchev–Trinajstić information content (AvgIpc) is 2.94. The molecule has 90 valence electrons. The van der Waals surface area contributed by atoms with Gasteiger partial charge in [0.15, 0.2) is 0 Å². The van der Waals surface area contributed by atoms with Crippen LogP contribution in [0.1, 0.15) is 20.1 Å². The first-order valence-corrected chi connectivity index (χ1v) is 6.34. The molecule has 0 radical (unpaired) electrons. The van der Waals surface area contributed by atoms with Gasteiger partial charge in [0.05, 0.1) is 4.88 Å². The molecule has 18 heavy (non-hydrogen) atoms. The Bertz CT molecular complexity index is 741. The highest BCUT2D eigenvalue weighted by Gasteiger charge is 2.15. The largest absolute Gasteiger partial charge is 0.360 e.